The maximum atomic E-state index is 12.9. The zero-order valence-corrected chi connectivity index (χ0v) is 18.8. The first-order chi connectivity index (χ1) is 16.7. The van der Waals surface area contributed by atoms with Crippen LogP contribution >= 0.6 is 11.6 Å². The van der Waals surface area contributed by atoms with E-state index in [0.717, 1.165) is 4.90 Å². The van der Waals surface area contributed by atoms with Gasteiger partial charge in [0.1, 0.15) is 0 Å². The van der Waals surface area contributed by atoms with Crippen LogP contribution in [0.4, 0.5) is 17.1 Å². The molecule has 1 heterocycles. The van der Waals surface area contributed by atoms with Crippen LogP contribution in [0.2, 0.25) is 5.02 Å². The molecule has 1 atom stereocenters. The van der Waals surface area contributed by atoms with Gasteiger partial charge in [-0.25, -0.2) is 9.69 Å². The van der Waals surface area contributed by atoms with Crippen LogP contribution in [0.15, 0.2) is 66.7 Å². The van der Waals surface area contributed by atoms with Crippen LogP contribution in [0.3, 0.4) is 0 Å². The average Bonchev–Trinajstić information content (AvgIpc) is 3.09. The fourth-order valence-electron chi connectivity index (χ4n) is 3.42. The Labute approximate surface area is 203 Å². The Balaban J connectivity index is 1.47. The highest BCUT2D eigenvalue weighted by molar-refractivity contribution is 6.35. The summed E-state index contributed by atoms with van der Waals surface area (Å²) < 4.78 is 5.19. The lowest BCUT2D eigenvalue weighted by Crippen LogP contribution is -2.30. The number of halogens is 1. The molecule has 0 fully saturated rings. The first-order valence-electron chi connectivity index (χ1n) is 10.2. The summed E-state index contributed by atoms with van der Waals surface area (Å²) in [5.41, 5.74) is 0.397. The smallest absolute Gasteiger partial charge is 0.338 e. The summed E-state index contributed by atoms with van der Waals surface area (Å²) in [6, 6.07) is 15.3. The number of hydrogen-bond acceptors (Lipinski definition) is 7. The van der Waals surface area contributed by atoms with Crippen molar-refractivity contribution in [2.75, 3.05) is 10.2 Å². The molecule has 0 bridgehead atoms. The highest BCUT2D eigenvalue weighted by Gasteiger charge is 2.37. The van der Waals surface area contributed by atoms with Gasteiger partial charge >= 0.3 is 5.97 Å². The normalized spacial score (nSPS) is 13.3. The molecule has 1 aliphatic rings. The summed E-state index contributed by atoms with van der Waals surface area (Å²) in [4.78, 5) is 61.9. The molecule has 0 saturated carbocycles. The molecule has 0 aliphatic carbocycles. The largest absolute Gasteiger partial charge is 0.449 e. The number of fused-ring (bicyclic) bond motifs is 1. The average molecular weight is 494 g/mol. The van der Waals surface area contributed by atoms with Crippen molar-refractivity contribution in [3.8, 4) is 0 Å². The number of ether oxygens (including phenoxy) is 1. The van der Waals surface area contributed by atoms with Crippen molar-refractivity contribution in [3.05, 3.63) is 98.6 Å². The maximum absolute atomic E-state index is 12.9. The van der Waals surface area contributed by atoms with Gasteiger partial charge < -0.3 is 10.1 Å². The molecular weight excluding hydrogens is 478 g/mol. The molecule has 0 aromatic heterocycles. The van der Waals surface area contributed by atoms with E-state index >= 15 is 0 Å². The molecule has 1 aliphatic heterocycles. The van der Waals surface area contributed by atoms with Crippen LogP contribution in [-0.2, 0) is 9.53 Å². The van der Waals surface area contributed by atoms with Crippen LogP contribution in [-0.4, -0.2) is 34.7 Å². The van der Waals surface area contributed by atoms with Crippen molar-refractivity contribution in [3.63, 3.8) is 0 Å². The van der Waals surface area contributed by atoms with Gasteiger partial charge in [-0.1, -0.05) is 17.7 Å². The fraction of sp³-hybridized carbons (Fsp3) is 0.0833. The standard InChI is InChI=1S/C24H16ClN3O7/c1-13(21(29)26-16-3-2-4-18(12-16)28(33)34)35-24(32)14-5-10-19-20(11-14)23(31)27(22(19)30)17-8-6-15(25)7-9-17/h2-13H,1H3,(H,26,29)/t13-/m0/s1. The Morgan fingerprint density at radius 1 is 1.00 bits per heavy atom. The third kappa shape index (κ3) is 4.73. The monoisotopic (exact) mass is 493 g/mol. The van der Waals surface area contributed by atoms with E-state index in [1.165, 1.54) is 61.5 Å². The fourth-order valence-corrected chi connectivity index (χ4v) is 3.54. The van der Waals surface area contributed by atoms with E-state index in [1.54, 1.807) is 12.1 Å². The maximum Gasteiger partial charge on any atom is 0.338 e. The molecule has 10 nitrogen and oxygen atoms in total. The van der Waals surface area contributed by atoms with Crippen LogP contribution in [0.25, 0.3) is 0 Å². The molecule has 0 radical (unpaired) electrons. The minimum Gasteiger partial charge on any atom is -0.449 e. The molecular formula is C24H16ClN3O7. The number of hydrogen-bond donors (Lipinski definition) is 1. The summed E-state index contributed by atoms with van der Waals surface area (Å²) in [7, 11) is 0. The third-order valence-corrected chi connectivity index (χ3v) is 5.44. The predicted octanol–water partition coefficient (Wildman–Crippen LogP) is 4.23. The zero-order chi connectivity index (χ0) is 25.3. The topological polar surface area (TPSA) is 136 Å². The molecule has 3 aromatic rings. The van der Waals surface area contributed by atoms with Crippen molar-refractivity contribution in [2.45, 2.75) is 13.0 Å². The lowest BCUT2D eigenvalue weighted by molar-refractivity contribution is -0.384. The predicted molar refractivity (Wildman–Crippen MR) is 126 cm³/mol. The van der Waals surface area contributed by atoms with Gasteiger partial charge in [0.15, 0.2) is 6.10 Å². The van der Waals surface area contributed by atoms with Gasteiger partial charge in [-0.05, 0) is 55.5 Å². The number of imide groups is 1. The van der Waals surface area contributed by atoms with E-state index in [0.29, 0.717) is 10.7 Å². The minimum atomic E-state index is -1.25. The minimum absolute atomic E-state index is 0.0214. The molecule has 176 valence electrons. The number of amides is 3. The number of non-ortho nitro benzene ring substituents is 1. The van der Waals surface area contributed by atoms with E-state index in [4.69, 9.17) is 16.3 Å². The molecule has 11 heteroatoms. The van der Waals surface area contributed by atoms with E-state index in [1.807, 2.05) is 0 Å². The van der Waals surface area contributed by atoms with Gasteiger partial charge in [-0.15, -0.1) is 0 Å². The SMILES string of the molecule is C[C@H](OC(=O)c1ccc2c(c1)C(=O)N(c1ccc(Cl)cc1)C2=O)C(=O)Nc1cccc([N+](=O)[O-])c1. The van der Waals surface area contributed by atoms with Crippen molar-refractivity contribution in [1.82, 2.24) is 0 Å². The number of nitrogens with zero attached hydrogens (tertiary/aromatic N) is 2. The Hall–Kier alpha value is -4.57. The summed E-state index contributed by atoms with van der Waals surface area (Å²) in [5.74, 6) is -2.75. The number of rotatable bonds is 6. The number of carbonyl (C=O) groups is 4. The molecule has 3 aromatic carbocycles. The number of esters is 1. The second-order valence-electron chi connectivity index (χ2n) is 7.53. The quantitative estimate of drug-likeness (QED) is 0.235. The summed E-state index contributed by atoms with van der Waals surface area (Å²) in [6.45, 7) is 1.33. The second kappa shape index (κ2) is 9.35. The Kier molecular flexibility index (Phi) is 6.30. The van der Waals surface area contributed by atoms with Gasteiger partial charge in [0, 0.05) is 22.8 Å². The molecule has 35 heavy (non-hydrogen) atoms. The number of benzene rings is 3. The van der Waals surface area contributed by atoms with Gasteiger partial charge in [0.25, 0.3) is 23.4 Å². The lowest BCUT2D eigenvalue weighted by atomic mass is 10.1. The number of nitro groups is 1. The van der Waals surface area contributed by atoms with E-state index in [9.17, 15) is 29.3 Å². The first kappa shape index (κ1) is 23.6. The lowest BCUT2D eigenvalue weighted by Gasteiger charge is -2.14. The first-order valence-corrected chi connectivity index (χ1v) is 10.6. The Morgan fingerprint density at radius 3 is 2.37 bits per heavy atom. The Bertz CT molecular complexity index is 1390. The number of nitrogens with one attached hydrogen (secondary N) is 1. The highest BCUT2D eigenvalue weighted by atomic mass is 35.5. The van der Waals surface area contributed by atoms with Crippen LogP contribution in [0.5, 0.6) is 0 Å². The Morgan fingerprint density at radius 2 is 1.69 bits per heavy atom. The van der Waals surface area contributed by atoms with Crippen LogP contribution in [0, 0.1) is 10.1 Å². The molecule has 0 spiro atoms. The van der Waals surface area contributed by atoms with E-state index in [-0.39, 0.29) is 28.1 Å². The third-order valence-electron chi connectivity index (χ3n) is 5.18. The van der Waals surface area contributed by atoms with Crippen molar-refractivity contribution >= 4 is 52.4 Å². The van der Waals surface area contributed by atoms with Gasteiger partial charge in [0.2, 0.25) is 0 Å². The van der Waals surface area contributed by atoms with Crippen molar-refractivity contribution in [1.29, 1.82) is 0 Å². The molecule has 3 amide bonds. The van der Waals surface area contributed by atoms with Gasteiger partial charge in [-0.3, -0.25) is 24.5 Å². The number of nitro benzene ring substituents is 1. The molecule has 1 N–H and O–H groups in total. The number of carbonyl (C=O) groups excluding carboxylic acids is 4. The molecule has 4 rings (SSSR count). The summed E-state index contributed by atoms with van der Waals surface area (Å²) in [6.07, 6.45) is -1.25. The molecule has 0 unspecified atom stereocenters. The highest BCUT2D eigenvalue weighted by Crippen LogP contribution is 2.30. The van der Waals surface area contributed by atoms with Crippen LogP contribution < -0.4 is 10.2 Å². The summed E-state index contributed by atoms with van der Waals surface area (Å²) >= 11 is 5.87. The second-order valence-corrected chi connectivity index (χ2v) is 7.96. The van der Waals surface area contributed by atoms with Gasteiger partial charge in [0.05, 0.1) is 27.3 Å². The molecule has 0 saturated heterocycles. The van der Waals surface area contributed by atoms with Crippen molar-refractivity contribution in [2.24, 2.45) is 0 Å². The van der Waals surface area contributed by atoms with Crippen LogP contribution in [0.1, 0.15) is 38.0 Å². The van der Waals surface area contributed by atoms with E-state index < -0.39 is 34.7 Å². The van der Waals surface area contributed by atoms with Crippen molar-refractivity contribution < 1.29 is 28.8 Å². The number of anilines is 2. The zero-order valence-electron chi connectivity index (χ0n) is 18.1. The van der Waals surface area contributed by atoms with E-state index in [2.05, 4.69) is 5.32 Å². The van der Waals surface area contributed by atoms with Gasteiger partial charge in [-0.2, -0.15) is 0 Å². The summed E-state index contributed by atoms with van der Waals surface area (Å²) in [5, 5.41) is 13.8.